The highest BCUT2D eigenvalue weighted by Crippen LogP contribution is 2.39. The Morgan fingerprint density at radius 1 is 1.32 bits per heavy atom. The van der Waals surface area contributed by atoms with Crippen LogP contribution in [0.25, 0.3) is 11.0 Å². The molecule has 5 nitrogen and oxygen atoms in total. The van der Waals surface area contributed by atoms with Gasteiger partial charge in [0.05, 0.1) is 0 Å². The van der Waals surface area contributed by atoms with Gasteiger partial charge >= 0.3 is 0 Å². The summed E-state index contributed by atoms with van der Waals surface area (Å²) in [5, 5.41) is 4.93. The van der Waals surface area contributed by atoms with Gasteiger partial charge in [-0.2, -0.15) is 0 Å². The fraction of sp³-hybridized carbons (Fsp3) is 0.500. The van der Waals surface area contributed by atoms with Crippen LogP contribution in [0.4, 0.5) is 5.69 Å². The Morgan fingerprint density at radius 2 is 2.16 bits per heavy atom. The zero-order chi connectivity index (χ0) is 17.2. The van der Waals surface area contributed by atoms with Gasteiger partial charge in [0.25, 0.3) is 0 Å². The molecule has 1 saturated heterocycles. The molecule has 1 atom stereocenters. The van der Waals surface area contributed by atoms with Crippen molar-refractivity contribution in [2.45, 2.75) is 50.5 Å². The van der Waals surface area contributed by atoms with E-state index < -0.39 is 0 Å². The Bertz CT molecular complexity index is 775. The number of carbonyl (C=O) groups is 1. The van der Waals surface area contributed by atoms with Crippen LogP contribution in [0.2, 0.25) is 0 Å². The number of nitrogens with zero attached hydrogens (tertiary/aromatic N) is 2. The lowest BCUT2D eigenvalue weighted by molar-refractivity contribution is -0.127. The molecular formula is C20H26N4O. The van der Waals surface area contributed by atoms with Gasteiger partial charge in [-0.05, 0) is 49.3 Å². The van der Waals surface area contributed by atoms with Crippen LogP contribution in [0.15, 0.2) is 31.1 Å². The van der Waals surface area contributed by atoms with Gasteiger partial charge in [0.2, 0.25) is 5.91 Å². The SMILES string of the molecule is C=CC(=O)N1CCC[C@@H](Nc2ccnc3[nH]cc(C4CCCC4)c23)C1. The van der Waals surface area contributed by atoms with Crippen molar-refractivity contribution in [2.75, 3.05) is 18.4 Å². The van der Waals surface area contributed by atoms with Crippen LogP contribution in [-0.4, -0.2) is 39.9 Å². The summed E-state index contributed by atoms with van der Waals surface area (Å²) in [7, 11) is 0. The topological polar surface area (TPSA) is 61.0 Å². The van der Waals surface area contributed by atoms with Gasteiger partial charge in [0, 0.05) is 42.6 Å². The molecule has 0 bridgehead atoms. The van der Waals surface area contributed by atoms with Gasteiger partial charge in [-0.1, -0.05) is 19.4 Å². The Hall–Kier alpha value is -2.30. The lowest BCUT2D eigenvalue weighted by atomic mass is 9.96. The molecule has 25 heavy (non-hydrogen) atoms. The van der Waals surface area contributed by atoms with Crippen molar-refractivity contribution >= 4 is 22.6 Å². The first kappa shape index (κ1) is 16.2. The zero-order valence-electron chi connectivity index (χ0n) is 14.6. The van der Waals surface area contributed by atoms with Gasteiger partial charge in [-0.3, -0.25) is 4.79 Å². The predicted octanol–water partition coefficient (Wildman–Crippen LogP) is 3.81. The molecule has 0 radical (unpaired) electrons. The smallest absolute Gasteiger partial charge is 0.246 e. The fourth-order valence-electron chi connectivity index (χ4n) is 4.40. The van der Waals surface area contributed by atoms with Crippen LogP contribution in [0.1, 0.15) is 50.0 Å². The number of aromatic nitrogens is 2. The van der Waals surface area contributed by atoms with E-state index in [4.69, 9.17) is 0 Å². The summed E-state index contributed by atoms with van der Waals surface area (Å²) < 4.78 is 0. The van der Waals surface area contributed by atoms with Crippen molar-refractivity contribution in [3.05, 3.63) is 36.7 Å². The number of pyridine rings is 1. The minimum atomic E-state index is 0.0275. The van der Waals surface area contributed by atoms with Crippen LogP contribution in [-0.2, 0) is 4.79 Å². The number of piperidine rings is 1. The van der Waals surface area contributed by atoms with Crippen LogP contribution in [0.5, 0.6) is 0 Å². The highest BCUT2D eigenvalue weighted by atomic mass is 16.2. The first-order chi connectivity index (χ1) is 12.3. The van der Waals surface area contributed by atoms with Crippen LogP contribution in [0, 0.1) is 0 Å². The second kappa shape index (κ2) is 6.90. The normalized spacial score (nSPS) is 21.6. The number of likely N-dealkylation sites (tertiary alicyclic amines) is 1. The third-order valence-corrected chi connectivity index (χ3v) is 5.67. The molecule has 1 aliphatic heterocycles. The second-order valence-corrected chi connectivity index (χ2v) is 7.28. The summed E-state index contributed by atoms with van der Waals surface area (Å²) in [6.07, 6.45) is 12.7. The van der Waals surface area contributed by atoms with E-state index in [0.29, 0.717) is 5.92 Å². The van der Waals surface area contributed by atoms with Gasteiger partial charge in [0.1, 0.15) is 5.65 Å². The monoisotopic (exact) mass is 338 g/mol. The number of amides is 1. The van der Waals surface area contributed by atoms with E-state index in [9.17, 15) is 4.79 Å². The minimum Gasteiger partial charge on any atom is -0.380 e. The highest BCUT2D eigenvalue weighted by Gasteiger charge is 2.25. The first-order valence-electron chi connectivity index (χ1n) is 9.40. The van der Waals surface area contributed by atoms with Gasteiger partial charge in [0.15, 0.2) is 0 Å². The molecule has 0 aromatic carbocycles. The summed E-state index contributed by atoms with van der Waals surface area (Å²) in [4.78, 5) is 21.7. The number of hydrogen-bond acceptors (Lipinski definition) is 3. The Labute approximate surface area is 148 Å². The second-order valence-electron chi connectivity index (χ2n) is 7.28. The molecule has 4 rings (SSSR count). The molecule has 1 aliphatic carbocycles. The minimum absolute atomic E-state index is 0.0275. The molecule has 2 aromatic rings. The van der Waals surface area contributed by atoms with Crippen LogP contribution < -0.4 is 5.32 Å². The number of hydrogen-bond donors (Lipinski definition) is 2. The van der Waals surface area contributed by atoms with Crippen molar-refractivity contribution in [1.29, 1.82) is 0 Å². The van der Waals surface area contributed by atoms with Crippen molar-refractivity contribution in [3.8, 4) is 0 Å². The molecule has 2 fully saturated rings. The third-order valence-electron chi connectivity index (χ3n) is 5.67. The fourth-order valence-corrected chi connectivity index (χ4v) is 4.40. The van der Waals surface area contributed by atoms with Crippen molar-refractivity contribution in [2.24, 2.45) is 0 Å². The number of anilines is 1. The molecule has 1 amide bonds. The summed E-state index contributed by atoms with van der Waals surface area (Å²) in [6.45, 7) is 5.17. The maximum atomic E-state index is 11.9. The standard InChI is InChI=1S/C20H26N4O/c1-2-18(25)24-11-5-8-15(13-24)23-17-9-10-21-20-19(17)16(12-22-20)14-6-3-4-7-14/h2,9-10,12,14-15H,1,3-8,11,13H2,(H2,21,22,23)/t15-/m1/s1. The molecule has 1 saturated carbocycles. The Balaban J connectivity index is 1.59. The van der Waals surface area contributed by atoms with E-state index in [1.807, 2.05) is 11.1 Å². The molecular weight excluding hydrogens is 312 g/mol. The van der Waals surface area contributed by atoms with Crippen molar-refractivity contribution in [1.82, 2.24) is 14.9 Å². The lowest BCUT2D eigenvalue weighted by Crippen LogP contribution is -2.44. The molecule has 2 aromatic heterocycles. The van der Waals surface area contributed by atoms with Gasteiger partial charge in [-0.15, -0.1) is 0 Å². The van der Waals surface area contributed by atoms with Crippen LogP contribution in [0.3, 0.4) is 0 Å². The average Bonchev–Trinajstić information content (AvgIpc) is 3.31. The number of rotatable bonds is 4. The van der Waals surface area contributed by atoms with E-state index in [-0.39, 0.29) is 11.9 Å². The quantitative estimate of drug-likeness (QED) is 0.833. The molecule has 5 heteroatoms. The average molecular weight is 338 g/mol. The maximum Gasteiger partial charge on any atom is 0.246 e. The molecule has 0 spiro atoms. The number of aromatic amines is 1. The highest BCUT2D eigenvalue weighted by molar-refractivity contribution is 5.93. The van der Waals surface area contributed by atoms with E-state index in [1.54, 1.807) is 0 Å². The summed E-state index contributed by atoms with van der Waals surface area (Å²) in [5.74, 6) is 0.670. The zero-order valence-corrected chi connectivity index (χ0v) is 14.6. The molecule has 0 unspecified atom stereocenters. The first-order valence-corrected chi connectivity index (χ1v) is 9.40. The lowest BCUT2D eigenvalue weighted by Gasteiger charge is -2.33. The van der Waals surface area contributed by atoms with Gasteiger partial charge in [-0.25, -0.2) is 4.98 Å². The van der Waals surface area contributed by atoms with E-state index in [2.05, 4.69) is 34.1 Å². The Morgan fingerprint density at radius 3 is 2.96 bits per heavy atom. The summed E-state index contributed by atoms with van der Waals surface area (Å²) >= 11 is 0. The van der Waals surface area contributed by atoms with Crippen molar-refractivity contribution < 1.29 is 4.79 Å². The number of H-pyrrole nitrogens is 1. The summed E-state index contributed by atoms with van der Waals surface area (Å²) in [6, 6.07) is 2.35. The number of fused-ring (bicyclic) bond motifs is 1. The van der Waals surface area contributed by atoms with E-state index >= 15 is 0 Å². The summed E-state index contributed by atoms with van der Waals surface area (Å²) in [5.41, 5.74) is 3.51. The predicted molar refractivity (Wildman–Crippen MR) is 101 cm³/mol. The molecule has 2 aliphatic rings. The molecule has 2 N–H and O–H groups in total. The van der Waals surface area contributed by atoms with Crippen LogP contribution >= 0.6 is 0 Å². The largest absolute Gasteiger partial charge is 0.380 e. The third kappa shape index (κ3) is 3.15. The van der Waals surface area contributed by atoms with Crippen molar-refractivity contribution in [3.63, 3.8) is 0 Å². The number of carbonyl (C=O) groups excluding carboxylic acids is 1. The van der Waals surface area contributed by atoms with Gasteiger partial charge < -0.3 is 15.2 Å². The van der Waals surface area contributed by atoms with E-state index in [0.717, 1.165) is 37.3 Å². The number of nitrogens with one attached hydrogen (secondary N) is 2. The molecule has 3 heterocycles. The Kier molecular flexibility index (Phi) is 4.47. The maximum absolute atomic E-state index is 11.9. The molecule has 132 valence electrons. The van der Waals surface area contributed by atoms with E-state index in [1.165, 1.54) is 42.7 Å².